The minimum atomic E-state index is 0.261. The summed E-state index contributed by atoms with van der Waals surface area (Å²) < 4.78 is 10.9. The summed E-state index contributed by atoms with van der Waals surface area (Å²) in [6.07, 6.45) is 3.42. The van der Waals surface area contributed by atoms with E-state index in [9.17, 15) is 0 Å². The fourth-order valence-corrected chi connectivity index (χ4v) is 4.97. The van der Waals surface area contributed by atoms with Crippen LogP contribution < -0.4 is 19.7 Å². The molecule has 1 heterocycles. The summed E-state index contributed by atoms with van der Waals surface area (Å²) in [5.41, 5.74) is 3.01. The predicted molar refractivity (Wildman–Crippen MR) is 118 cm³/mol. The molecule has 1 saturated heterocycles. The van der Waals surface area contributed by atoms with Gasteiger partial charge in [-0.3, -0.25) is 0 Å². The Labute approximate surface area is 176 Å². The first kappa shape index (κ1) is 21.7. The number of quaternary nitrogens is 2. The molecule has 0 spiro atoms. The van der Waals surface area contributed by atoms with Crippen LogP contribution in [0.5, 0.6) is 11.5 Å². The monoisotopic (exact) mass is 398 g/mol. The van der Waals surface area contributed by atoms with Crippen molar-refractivity contribution in [2.75, 3.05) is 34.4 Å². The minimum absolute atomic E-state index is 0.261. The molecule has 1 fully saturated rings. The number of nitrogens with one attached hydrogen (secondary N) is 1. The predicted octanol–water partition coefficient (Wildman–Crippen LogP) is 1.73. The molecule has 3 N–H and O–H groups in total. The third-order valence-corrected chi connectivity index (χ3v) is 6.94. The van der Waals surface area contributed by atoms with Gasteiger partial charge in [-0.2, -0.15) is 0 Å². The molecule has 0 aliphatic carbocycles. The topological polar surface area (TPSA) is 39.5 Å². The maximum Gasteiger partial charge on any atom is 0.160 e. The first-order chi connectivity index (χ1) is 14.0. The second-order valence-electron chi connectivity index (χ2n) is 8.88. The summed E-state index contributed by atoms with van der Waals surface area (Å²) >= 11 is 0. The van der Waals surface area contributed by atoms with E-state index >= 15 is 0 Å². The number of ether oxygens (including phenoxy) is 2. The van der Waals surface area contributed by atoms with Crippen LogP contribution in [0.15, 0.2) is 48.5 Å². The van der Waals surface area contributed by atoms with Gasteiger partial charge in [-0.25, -0.2) is 0 Å². The van der Waals surface area contributed by atoms with E-state index in [0.29, 0.717) is 12.0 Å². The molecule has 1 aliphatic heterocycles. The molecule has 4 heteroatoms. The van der Waals surface area contributed by atoms with Crippen LogP contribution in [-0.4, -0.2) is 45.9 Å². The van der Waals surface area contributed by atoms with Gasteiger partial charge in [-0.15, -0.1) is 0 Å². The van der Waals surface area contributed by atoms with Crippen molar-refractivity contribution in [1.82, 2.24) is 0 Å². The molecule has 0 radical (unpaired) electrons. The fraction of sp³-hybridized carbons (Fsp3) is 0.520. The number of hydrogen-bond acceptors (Lipinski definition) is 2. The third kappa shape index (κ3) is 5.12. The van der Waals surface area contributed by atoms with E-state index < -0.39 is 0 Å². The van der Waals surface area contributed by atoms with Crippen molar-refractivity contribution in [2.45, 2.75) is 44.7 Å². The maximum atomic E-state index is 5.48. The van der Waals surface area contributed by atoms with Crippen LogP contribution >= 0.6 is 0 Å². The highest BCUT2D eigenvalue weighted by molar-refractivity contribution is 5.42. The van der Waals surface area contributed by atoms with Gasteiger partial charge in [-0.05, 0) is 30.2 Å². The van der Waals surface area contributed by atoms with Crippen molar-refractivity contribution in [3.8, 4) is 11.5 Å². The Balaban J connectivity index is 1.74. The van der Waals surface area contributed by atoms with Crippen molar-refractivity contribution in [3.05, 3.63) is 59.7 Å². The summed E-state index contributed by atoms with van der Waals surface area (Å²) in [4.78, 5) is 1.66. The highest BCUT2D eigenvalue weighted by atomic mass is 16.5. The lowest BCUT2D eigenvalue weighted by Crippen LogP contribution is -3.18. The van der Waals surface area contributed by atoms with Gasteiger partial charge in [0.1, 0.15) is 5.54 Å². The third-order valence-electron chi connectivity index (χ3n) is 6.94. The molecule has 4 nitrogen and oxygen atoms in total. The number of piperidine rings is 1. The van der Waals surface area contributed by atoms with Crippen LogP contribution in [0.25, 0.3) is 0 Å². The molecule has 0 saturated carbocycles. The zero-order chi connectivity index (χ0) is 20.9. The molecule has 4 atom stereocenters. The van der Waals surface area contributed by atoms with Gasteiger partial charge >= 0.3 is 0 Å². The second-order valence-corrected chi connectivity index (χ2v) is 8.88. The molecule has 3 rings (SSSR count). The van der Waals surface area contributed by atoms with Crippen LogP contribution in [-0.2, 0) is 12.8 Å². The molecular formula is C25H38N2O2+2. The lowest BCUT2D eigenvalue weighted by atomic mass is 9.72. The Morgan fingerprint density at radius 3 is 2.41 bits per heavy atom. The highest BCUT2D eigenvalue weighted by Gasteiger charge is 2.48. The van der Waals surface area contributed by atoms with E-state index in [-0.39, 0.29) is 5.54 Å². The second kappa shape index (κ2) is 9.64. The van der Waals surface area contributed by atoms with E-state index in [0.717, 1.165) is 30.9 Å². The van der Waals surface area contributed by atoms with Crippen LogP contribution in [0, 0.1) is 5.92 Å². The Bertz CT molecular complexity index is 780. The van der Waals surface area contributed by atoms with Crippen LogP contribution in [0.2, 0.25) is 0 Å². The number of hydrogen-bond donors (Lipinski definition) is 2. The average Bonchev–Trinajstić information content (AvgIpc) is 2.73. The molecule has 158 valence electrons. The Hall–Kier alpha value is -2.04. The maximum absolute atomic E-state index is 5.48. The molecular weight excluding hydrogens is 360 g/mol. The quantitative estimate of drug-likeness (QED) is 0.711. The van der Waals surface area contributed by atoms with Gasteiger partial charge in [0.25, 0.3) is 0 Å². The van der Waals surface area contributed by atoms with E-state index in [1.165, 1.54) is 24.1 Å². The van der Waals surface area contributed by atoms with Gasteiger partial charge in [0.05, 0.1) is 52.7 Å². The lowest BCUT2D eigenvalue weighted by Gasteiger charge is -2.45. The molecule has 0 amide bonds. The first-order valence-electron chi connectivity index (χ1n) is 10.9. The molecule has 1 aliphatic rings. The zero-order valence-corrected chi connectivity index (χ0v) is 18.7. The number of likely N-dealkylation sites (tertiary alicyclic amines) is 1. The van der Waals surface area contributed by atoms with Gasteiger partial charge in [0.2, 0.25) is 0 Å². The van der Waals surface area contributed by atoms with Crippen molar-refractivity contribution >= 4 is 0 Å². The summed E-state index contributed by atoms with van der Waals surface area (Å²) in [6.45, 7) is 7.17. The normalized spacial score (nSPS) is 26.9. The average molecular weight is 399 g/mol. The SMILES string of the molecule is COc1ccc(CC[NH2+][C@]2(Cc3ccccc3)C[C@H](C)[NH+](C)C[C@H]2C)cc1OC. The Kier molecular flexibility index (Phi) is 7.20. The number of benzene rings is 2. The number of nitrogens with two attached hydrogens (primary N) is 1. The first-order valence-corrected chi connectivity index (χ1v) is 10.9. The lowest BCUT2D eigenvalue weighted by molar-refractivity contribution is -0.928. The van der Waals surface area contributed by atoms with Gasteiger partial charge in [-0.1, -0.05) is 43.3 Å². The molecule has 29 heavy (non-hydrogen) atoms. The van der Waals surface area contributed by atoms with Gasteiger partial charge < -0.3 is 19.7 Å². The van der Waals surface area contributed by atoms with Gasteiger partial charge in [0.15, 0.2) is 11.5 Å². The summed E-state index contributed by atoms with van der Waals surface area (Å²) in [5, 5.41) is 2.64. The largest absolute Gasteiger partial charge is 0.493 e. The molecule has 2 aromatic carbocycles. The summed E-state index contributed by atoms with van der Waals surface area (Å²) in [7, 11) is 5.73. The van der Waals surface area contributed by atoms with Crippen molar-refractivity contribution < 1.29 is 19.7 Å². The van der Waals surface area contributed by atoms with E-state index in [1.807, 2.05) is 6.07 Å². The van der Waals surface area contributed by atoms with E-state index in [1.54, 1.807) is 19.1 Å². The molecule has 0 bridgehead atoms. The Morgan fingerprint density at radius 1 is 1.00 bits per heavy atom. The fourth-order valence-electron chi connectivity index (χ4n) is 4.97. The van der Waals surface area contributed by atoms with E-state index in [4.69, 9.17) is 9.47 Å². The molecule has 2 aromatic rings. The van der Waals surface area contributed by atoms with Crippen LogP contribution in [0.3, 0.4) is 0 Å². The van der Waals surface area contributed by atoms with Crippen molar-refractivity contribution in [3.63, 3.8) is 0 Å². The standard InChI is InChI=1S/C25H36N2O2/c1-19-18-27(3)20(2)16-25(19,17-22-9-7-6-8-10-22)26-14-13-21-11-12-23(28-4)24(15-21)29-5/h6-12,15,19-20,26H,13-14,16-18H2,1-5H3/p+2/t19-,20+,25+/m1/s1. The van der Waals surface area contributed by atoms with Crippen LogP contribution in [0.4, 0.5) is 0 Å². The Morgan fingerprint density at radius 2 is 1.72 bits per heavy atom. The number of rotatable bonds is 8. The zero-order valence-electron chi connectivity index (χ0n) is 18.7. The van der Waals surface area contributed by atoms with Crippen LogP contribution in [0.1, 0.15) is 31.4 Å². The van der Waals surface area contributed by atoms with Crippen molar-refractivity contribution in [1.29, 1.82) is 0 Å². The van der Waals surface area contributed by atoms with E-state index in [2.05, 4.69) is 68.7 Å². The van der Waals surface area contributed by atoms with Gasteiger partial charge in [0, 0.05) is 12.8 Å². The number of methoxy groups -OCH3 is 2. The summed E-state index contributed by atoms with van der Waals surface area (Å²) in [6, 6.07) is 18.0. The molecule has 1 unspecified atom stereocenters. The molecule has 0 aromatic heterocycles. The summed E-state index contributed by atoms with van der Waals surface area (Å²) in [5.74, 6) is 2.28. The van der Waals surface area contributed by atoms with Crippen molar-refractivity contribution in [2.24, 2.45) is 5.92 Å². The smallest absolute Gasteiger partial charge is 0.160 e. The highest BCUT2D eigenvalue weighted by Crippen LogP contribution is 2.28. The minimum Gasteiger partial charge on any atom is -0.493 e.